The third kappa shape index (κ3) is 4.08. The van der Waals surface area contributed by atoms with Crippen LogP contribution in [0.4, 0.5) is 5.69 Å². The highest BCUT2D eigenvalue weighted by Crippen LogP contribution is 2.36. The van der Waals surface area contributed by atoms with Gasteiger partial charge in [0.1, 0.15) is 0 Å². The van der Waals surface area contributed by atoms with Crippen LogP contribution in [0.15, 0.2) is 53.4 Å². The second kappa shape index (κ2) is 7.23. The summed E-state index contributed by atoms with van der Waals surface area (Å²) < 4.78 is 54.0. The fourth-order valence-electron chi connectivity index (χ4n) is 3.43. The van der Waals surface area contributed by atoms with Gasteiger partial charge in [-0.25, -0.2) is 25.9 Å². The molecule has 1 N–H and O–H groups in total. The molecule has 0 aromatic heterocycles. The molecule has 0 spiro atoms. The lowest BCUT2D eigenvalue weighted by atomic mass is 9.95. The zero-order valence-electron chi connectivity index (χ0n) is 16.7. The van der Waals surface area contributed by atoms with Gasteiger partial charge < -0.3 is 0 Å². The summed E-state index contributed by atoms with van der Waals surface area (Å²) in [4.78, 5) is 12.6. The molecule has 29 heavy (non-hydrogen) atoms. The number of benzene rings is 2. The van der Waals surface area contributed by atoms with E-state index in [2.05, 4.69) is 4.72 Å². The molecule has 2 aromatic rings. The topological polar surface area (TPSA) is 101 Å². The van der Waals surface area contributed by atoms with E-state index in [1.807, 2.05) is 30.3 Å². The van der Waals surface area contributed by atoms with Crippen molar-refractivity contribution in [2.24, 2.45) is 5.41 Å². The van der Waals surface area contributed by atoms with Gasteiger partial charge in [0.2, 0.25) is 26.0 Å². The van der Waals surface area contributed by atoms with Crippen molar-refractivity contribution >= 4 is 31.6 Å². The van der Waals surface area contributed by atoms with Crippen LogP contribution in [0, 0.1) is 12.3 Å². The smallest absolute Gasteiger partial charge is 0.247 e. The molecule has 7 nitrogen and oxygen atoms in total. The highest BCUT2D eigenvalue weighted by Gasteiger charge is 2.50. The van der Waals surface area contributed by atoms with Crippen molar-refractivity contribution in [1.82, 2.24) is 4.72 Å². The predicted octanol–water partition coefficient (Wildman–Crippen LogP) is 2.74. The number of nitrogens with zero attached hydrogens (tertiary/aromatic N) is 1. The fourth-order valence-corrected chi connectivity index (χ4v) is 6.99. The van der Waals surface area contributed by atoms with E-state index in [-0.39, 0.29) is 16.3 Å². The molecule has 0 bridgehead atoms. The number of rotatable bonds is 5. The van der Waals surface area contributed by atoms with Gasteiger partial charge >= 0.3 is 0 Å². The second-order valence-electron chi connectivity index (χ2n) is 7.91. The summed E-state index contributed by atoms with van der Waals surface area (Å²) in [7, 11) is -7.64. The summed E-state index contributed by atoms with van der Waals surface area (Å²) in [6, 6.07) is 12.8. The van der Waals surface area contributed by atoms with E-state index in [0.29, 0.717) is 5.56 Å². The number of anilines is 1. The minimum atomic E-state index is -3.85. The predicted molar refractivity (Wildman–Crippen MR) is 111 cm³/mol. The van der Waals surface area contributed by atoms with Gasteiger partial charge in [-0.05, 0) is 57.0 Å². The molecule has 1 aliphatic rings. The molecule has 1 atom stereocenters. The molecule has 2 aromatic carbocycles. The lowest BCUT2D eigenvalue weighted by Gasteiger charge is -2.20. The lowest BCUT2D eigenvalue weighted by Crippen LogP contribution is -2.33. The maximum atomic E-state index is 12.9. The Morgan fingerprint density at radius 3 is 2.24 bits per heavy atom. The maximum absolute atomic E-state index is 12.9. The number of aryl methyl sites for hydroxylation is 1. The van der Waals surface area contributed by atoms with Crippen molar-refractivity contribution < 1.29 is 21.6 Å². The SMILES string of the molecule is Cc1cc(N2C(=O)C(C)(C)CS2(=O)=O)ccc1S(=O)(=O)NC(C)c1ccccc1. The van der Waals surface area contributed by atoms with E-state index in [1.54, 1.807) is 27.7 Å². The largest absolute Gasteiger partial charge is 0.273 e. The Morgan fingerprint density at radius 2 is 1.72 bits per heavy atom. The van der Waals surface area contributed by atoms with Crippen molar-refractivity contribution in [3.05, 3.63) is 59.7 Å². The van der Waals surface area contributed by atoms with E-state index < -0.39 is 37.4 Å². The van der Waals surface area contributed by atoms with Crippen LogP contribution in [-0.2, 0) is 24.8 Å². The first-order chi connectivity index (χ1) is 13.3. The summed E-state index contributed by atoms with van der Waals surface area (Å²) in [6.07, 6.45) is 0. The minimum absolute atomic E-state index is 0.0346. The number of amides is 1. The highest BCUT2D eigenvalue weighted by molar-refractivity contribution is 7.94. The van der Waals surface area contributed by atoms with Gasteiger partial charge in [-0.2, -0.15) is 0 Å². The van der Waals surface area contributed by atoms with Crippen molar-refractivity contribution in [2.75, 3.05) is 10.1 Å². The molecule has 1 saturated heterocycles. The quantitative estimate of drug-likeness (QED) is 0.777. The molecule has 156 valence electrons. The summed E-state index contributed by atoms with van der Waals surface area (Å²) in [5.41, 5.74) is 0.293. The summed E-state index contributed by atoms with van der Waals surface area (Å²) in [6.45, 7) is 6.47. The number of hydrogen-bond donors (Lipinski definition) is 1. The molecule has 1 heterocycles. The van der Waals surface area contributed by atoms with Crippen molar-refractivity contribution in [1.29, 1.82) is 0 Å². The van der Waals surface area contributed by atoms with Gasteiger partial charge in [-0.3, -0.25) is 4.79 Å². The van der Waals surface area contributed by atoms with E-state index in [4.69, 9.17) is 0 Å². The zero-order valence-corrected chi connectivity index (χ0v) is 18.3. The zero-order chi connectivity index (χ0) is 21.6. The monoisotopic (exact) mass is 436 g/mol. The third-order valence-electron chi connectivity index (χ3n) is 4.90. The number of carbonyl (C=O) groups excluding carboxylic acids is 1. The minimum Gasteiger partial charge on any atom is -0.273 e. The summed E-state index contributed by atoms with van der Waals surface area (Å²) >= 11 is 0. The van der Waals surface area contributed by atoms with E-state index >= 15 is 0 Å². The van der Waals surface area contributed by atoms with Gasteiger partial charge in [0.15, 0.2) is 0 Å². The molecule has 1 fully saturated rings. The lowest BCUT2D eigenvalue weighted by molar-refractivity contribution is -0.123. The Morgan fingerprint density at radius 1 is 1.10 bits per heavy atom. The highest BCUT2D eigenvalue weighted by atomic mass is 32.2. The summed E-state index contributed by atoms with van der Waals surface area (Å²) in [5, 5.41) is 0. The standard InChI is InChI=1S/C20H24N2O5S2/c1-14-12-17(22-19(23)20(3,4)13-28(22,24)25)10-11-18(14)29(26,27)21-15(2)16-8-6-5-7-9-16/h5-12,15,21H,13H2,1-4H3. The van der Waals surface area contributed by atoms with Crippen molar-refractivity contribution in [2.45, 2.75) is 38.6 Å². The average molecular weight is 437 g/mol. The molecular weight excluding hydrogens is 412 g/mol. The number of sulfonamides is 2. The van der Waals surface area contributed by atoms with Crippen LogP contribution in [0.3, 0.4) is 0 Å². The van der Waals surface area contributed by atoms with Crippen LogP contribution >= 0.6 is 0 Å². The number of hydrogen-bond acceptors (Lipinski definition) is 5. The molecular formula is C20H24N2O5S2. The Balaban J connectivity index is 1.93. The van der Waals surface area contributed by atoms with E-state index in [1.165, 1.54) is 18.2 Å². The molecule has 9 heteroatoms. The van der Waals surface area contributed by atoms with Crippen LogP contribution in [-0.4, -0.2) is 28.5 Å². The van der Waals surface area contributed by atoms with Crippen LogP contribution in [0.25, 0.3) is 0 Å². The first-order valence-electron chi connectivity index (χ1n) is 9.10. The van der Waals surface area contributed by atoms with Crippen LogP contribution in [0.5, 0.6) is 0 Å². The Kier molecular flexibility index (Phi) is 5.35. The molecule has 3 rings (SSSR count). The van der Waals surface area contributed by atoms with Gasteiger partial charge in [0.25, 0.3) is 0 Å². The average Bonchev–Trinajstić information content (AvgIpc) is 2.77. The van der Waals surface area contributed by atoms with Gasteiger partial charge in [0, 0.05) is 6.04 Å². The number of nitrogens with one attached hydrogen (secondary N) is 1. The molecule has 0 aliphatic carbocycles. The summed E-state index contributed by atoms with van der Waals surface area (Å²) in [5.74, 6) is -0.808. The molecule has 1 aliphatic heterocycles. The third-order valence-corrected chi connectivity index (χ3v) is 8.62. The normalized spacial score (nSPS) is 19.3. The van der Waals surface area contributed by atoms with Crippen LogP contribution in [0.2, 0.25) is 0 Å². The Hall–Kier alpha value is -2.23. The Labute approximate surface area is 171 Å². The molecule has 1 amide bonds. The molecule has 0 saturated carbocycles. The van der Waals surface area contributed by atoms with Gasteiger partial charge in [-0.1, -0.05) is 30.3 Å². The fraction of sp³-hybridized carbons (Fsp3) is 0.350. The van der Waals surface area contributed by atoms with E-state index in [0.717, 1.165) is 9.87 Å². The first kappa shape index (κ1) is 21.5. The second-order valence-corrected chi connectivity index (χ2v) is 11.4. The van der Waals surface area contributed by atoms with Crippen LogP contribution < -0.4 is 9.03 Å². The van der Waals surface area contributed by atoms with Crippen molar-refractivity contribution in [3.63, 3.8) is 0 Å². The molecule has 1 unspecified atom stereocenters. The van der Waals surface area contributed by atoms with Crippen LogP contribution in [0.1, 0.15) is 37.9 Å². The first-order valence-corrected chi connectivity index (χ1v) is 12.2. The number of carbonyl (C=O) groups is 1. The molecule has 0 radical (unpaired) electrons. The van der Waals surface area contributed by atoms with E-state index in [9.17, 15) is 21.6 Å². The van der Waals surface area contributed by atoms with Gasteiger partial charge in [-0.15, -0.1) is 0 Å². The maximum Gasteiger partial charge on any atom is 0.247 e. The Bertz CT molecular complexity index is 1160. The van der Waals surface area contributed by atoms with Gasteiger partial charge in [0.05, 0.1) is 21.8 Å². The van der Waals surface area contributed by atoms with Crippen molar-refractivity contribution in [3.8, 4) is 0 Å².